The molecule has 0 radical (unpaired) electrons. The zero-order valence-corrected chi connectivity index (χ0v) is 17.0. The predicted octanol–water partition coefficient (Wildman–Crippen LogP) is 3.29. The van der Waals surface area contributed by atoms with Crippen LogP contribution in [0.1, 0.15) is 34.1 Å². The molecule has 0 aliphatic heterocycles. The largest absolute Gasteiger partial charge is 0.326 e. The zero-order valence-electron chi connectivity index (χ0n) is 14.6. The summed E-state index contributed by atoms with van der Waals surface area (Å²) in [6.45, 7) is 1.74. The summed E-state index contributed by atoms with van der Waals surface area (Å²) in [5, 5.41) is 5.58. The van der Waals surface area contributed by atoms with Crippen molar-refractivity contribution in [1.29, 1.82) is 0 Å². The van der Waals surface area contributed by atoms with Crippen molar-refractivity contribution in [2.24, 2.45) is 0 Å². The van der Waals surface area contributed by atoms with Crippen LogP contribution in [0.25, 0.3) is 0 Å². The van der Waals surface area contributed by atoms with Crippen molar-refractivity contribution >= 4 is 63.9 Å². The van der Waals surface area contributed by atoms with E-state index >= 15 is 0 Å². The lowest BCUT2D eigenvalue weighted by Gasteiger charge is -2.11. The monoisotopic (exact) mass is 438 g/mol. The third kappa shape index (κ3) is 6.49. The minimum atomic E-state index is -0.535. The van der Waals surface area contributed by atoms with Crippen LogP contribution in [0.3, 0.4) is 0 Å². The number of halogens is 2. The average Bonchev–Trinajstić information content (AvgIpc) is 2.65. The van der Waals surface area contributed by atoms with E-state index in [-0.39, 0.29) is 16.6 Å². The number of carbonyl (C=O) groups is 3. The lowest BCUT2D eigenvalue weighted by molar-refractivity contribution is -0.115. The van der Waals surface area contributed by atoms with Gasteiger partial charge in [0.15, 0.2) is 5.11 Å². The number of hydrogen-bond acceptors (Lipinski definition) is 4. The highest BCUT2D eigenvalue weighted by atomic mass is 35.5. The average molecular weight is 439 g/mol. The van der Waals surface area contributed by atoms with Crippen LogP contribution in [0.15, 0.2) is 42.5 Å². The smallest absolute Gasteiger partial charge is 0.269 e. The second-order valence-corrected chi connectivity index (χ2v) is 6.78. The third-order valence-electron chi connectivity index (χ3n) is 3.39. The number of thiocarbonyl (C=S) groups is 1. The molecule has 0 heterocycles. The van der Waals surface area contributed by atoms with Crippen molar-refractivity contribution in [3.05, 3.63) is 63.6 Å². The first-order valence-electron chi connectivity index (χ1n) is 8.06. The van der Waals surface area contributed by atoms with Gasteiger partial charge in [0.25, 0.3) is 11.8 Å². The van der Waals surface area contributed by atoms with E-state index in [0.29, 0.717) is 27.7 Å². The molecule has 0 bridgehead atoms. The van der Waals surface area contributed by atoms with Crippen LogP contribution in [0.4, 0.5) is 5.69 Å². The highest BCUT2D eigenvalue weighted by molar-refractivity contribution is 7.80. The predicted molar refractivity (Wildman–Crippen MR) is 112 cm³/mol. The summed E-state index contributed by atoms with van der Waals surface area (Å²) in [6, 6.07) is 10.6. The maximum absolute atomic E-state index is 12.1. The van der Waals surface area contributed by atoms with Crippen molar-refractivity contribution in [3.63, 3.8) is 0 Å². The summed E-state index contributed by atoms with van der Waals surface area (Å²) in [7, 11) is 0. The quantitative estimate of drug-likeness (QED) is 0.433. The maximum atomic E-state index is 12.1. The number of hydrogen-bond donors (Lipinski definition) is 4. The molecule has 0 aromatic heterocycles. The van der Waals surface area contributed by atoms with Gasteiger partial charge >= 0.3 is 0 Å². The van der Waals surface area contributed by atoms with E-state index in [2.05, 4.69) is 21.5 Å². The molecule has 10 heteroatoms. The van der Waals surface area contributed by atoms with Gasteiger partial charge in [-0.1, -0.05) is 30.1 Å². The minimum absolute atomic E-state index is 0.110. The molecule has 0 spiro atoms. The van der Waals surface area contributed by atoms with E-state index < -0.39 is 11.8 Å². The highest BCUT2D eigenvalue weighted by Gasteiger charge is 2.11. The zero-order chi connectivity index (χ0) is 20.7. The standard InChI is InChI=1S/C18H16Cl2N4O3S/c1-2-15(25)21-14-5-3-10(4-6-14)17(27)23-24-18(28)22-16(26)11-7-12(19)9-13(20)8-11/h3-9H,2H2,1H3,(H,21,25)(H,23,27)(H2,22,24,26,28). The lowest BCUT2D eigenvalue weighted by Crippen LogP contribution is -2.48. The molecule has 0 fully saturated rings. The first kappa shape index (κ1) is 21.6. The number of carbonyl (C=O) groups excluding carboxylic acids is 3. The van der Waals surface area contributed by atoms with Gasteiger partial charge in [0.05, 0.1) is 0 Å². The van der Waals surface area contributed by atoms with E-state index in [1.54, 1.807) is 19.1 Å². The van der Waals surface area contributed by atoms with E-state index in [9.17, 15) is 14.4 Å². The van der Waals surface area contributed by atoms with Gasteiger partial charge in [-0.2, -0.15) is 0 Å². The van der Waals surface area contributed by atoms with Crippen molar-refractivity contribution < 1.29 is 14.4 Å². The number of rotatable bonds is 4. The summed E-state index contributed by atoms with van der Waals surface area (Å²) in [4.78, 5) is 35.6. The second kappa shape index (κ2) is 10.0. The molecule has 2 rings (SSSR count). The summed E-state index contributed by atoms with van der Waals surface area (Å²) < 4.78 is 0. The fraction of sp³-hybridized carbons (Fsp3) is 0.111. The first-order valence-corrected chi connectivity index (χ1v) is 9.22. The van der Waals surface area contributed by atoms with E-state index in [4.69, 9.17) is 35.4 Å². The Hall–Kier alpha value is -2.68. The maximum Gasteiger partial charge on any atom is 0.269 e. The van der Waals surface area contributed by atoms with Gasteiger partial charge in [0.2, 0.25) is 5.91 Å². The van der Waals surface area contributed by atoms with Gasteiger partial charge in [0, 0.05) is 33.3 Å². The van der Waals surface area contributed by atoms with Crippen LogP contribution in [0, 0.1) is 0 Å². The summed E-state index contributed by atoms with van der Waals surface area (Å²) in [6.07, 6.45) is 0.358. The fourth-order valence-electron chi connectivity index (χ4n) is 2.03. The van der Waals surface area contributed by atoms with Gasteiger partial charge in [-0.3, -0.25) is 30.6 Å². The van der Waals surface area contributed by atoms with Crippen LogP contribution < -0.4 is 21.5 Å². The topological polar surface area (TPSA) is 99.3 Å². The molecule has 0 atom stereocenters. The molecule has 0 saturated heterocycles. The Morgan fingerprint density at radius 1 is 0.893 bits per heavy atom. The van der Waals surface area contributed by atoms with Gasteiger partial charge in [-0.15, -0.1) is 0 Å². The molecule has 0 saturated carbocycles. The second-order valence-electron chi connectivity index (χ2n) is 5.50. The minimum Gasteiger partial charge on any atom is -0.326 e. The molecule has 4 N–H and O–H groups in total. The van der Waals surface area contributed by atoms with E-state index in [1.807, 2.05) is 0 Å². The van der Waals surface area contributed by atoms with Gasteiger partial charge in [-0.05, 0) is 54.7 Å². The molecule has 2 aromatic carbocycles. The van der Waals surface area contributed by atoms with Gasteiger partial charge < -0.3 is 5.32 Å². The first-order chi connectivity index (χ1) is 13.3. The number of nitrogens with one attached hydrogen (secondary N) is 4. The summed E-state index contributed by atoms with van der Waals surface area (Å²) in [5.74, 6) is -1.14. The van der Waals surface area contributed by atoms with Crippen LogP contribution in [-0.2, 0) is 4.79 Å². The molecule has 28 heavy (non-hydrogen) atoms. The number of benzene rings is 2. The third-order valence-corrected chi connectivity index (χ3v) is 4.03. The molecule has 2 aromatic rings. The summed E-state index contributed by atoms with van der Waals surface area (Å²) in [5.41, 5.74) is 5.93. The fourth-order valence-corrected chi connectivity index (χ4v) is 2.70. The number of hydrazine groups is 1. The molecular formula is C18H16Cl2N4O3S. The van der Waals surface area contributed by atoms with Crippen molar-refractivity contribution in [2.75, 3.05) is 5.32 Å². The molecule has 0 aliphatic rings. The molecule has 7 nitrogen and oxygen atoms in total. The van der Waals surface area contributed by atoms with Gasteiger partial charge in [0.1, 0.15) is 0 Å². The Balaban J connectivity index is 1.87. The Labute approximate surface area is 176 Å². The summed E-state index contributed by atoms with van der Waals surface area (Å²) >= 11 is 16.7. The molecule has 146 valence electrons. The molecule has 0 unspecified atom stereocenters. The van der Waals surface area contributed by atoms with Gasteiger partial charge in [-0.25, -0.2) is 0 Å². The Morgan fingerprint density at radius 3 is 2.07 bits per heavy atom. The Bertz CT molecular complexity index is 899. The lowest BCUT2D eigenvalue weighted by atomic mass is 10.2. The van der Waals surface area contributed by atoms with Crippen LogP contribution >= 0.6 is 35.4 Å². The highest BCUT2D eigenvalue weighted by Crippen LogP contribution is 2.18. The van der Waals surface area contributed by atoms with Crippen molar-refractivity contribution in [2.45, 2.75) is 13.3 Å². The number of amides is 3. The van der Waals surface area contributed by atoms with Crippen LogP contribution in [0.5, 0.6) is 0 Å². The molecule has 3 amide bonds. The Kier molecular flexibility index (Phi) is 7.74. The molecule has 0 aliphatic carbocycles. The number of anilines is 1. The van der Waals surface area contributed by atoms with Crippen molar-refractivity contribution in [3.8, 4) is 0 Å². The molecular weight excluding hydrogens is 423 g/mol. The van der Waals surface area contributed by atoms with Crippen molar-refractivity contribution in [1.82, 2.24) is 16.2 Å². The Morgan fingerprint density at radius 2 is 1.50 bits per heavy atom. The van der Waals surface area contributed by atoms with E-state index in [1.165, 1.54) is 30.3 Å². The van der Waals surface area contributed by atoms with Crippen LogP contribution in [-0.4, -0.2) is 22.8 Å². The van der Waals surface area contributed by atoms with E-state index in [0.717, 1.165) is 0 Å². The van der Waals surface area contributed by atoms with Crippen LogP contribution in [0.2, 0.25) is 10.0 Å². The normalized spacial score (nSPS) is 9.96. The SMILES string of the molecule is CCC(=O)Nc1ccc(C(=O)NNC(=S)NC(=O)c2cc(Cl)cc(Cl)c2)cc1.